The first-order chi connectivity index (χ1) is 17.2. The summed E-state index contributed by atoms with van der Waals surface area (Å²) in [7, 11) is -0.777. The zero-order valence-electron chi connectivity index (χ0n) is 21.3. The molecule has 4 heterocycles. The monoisotopic (exact) mass is 576 g/mol. The first-order valence-corrected chi connectivity index (χ1v) is 14.5. The van der Waals surface area contributed by atoms with E-state index in [0.29, 0.717) is 23.2 Å². The summed E-state index contributed by atoms with van der Waals surface area (Å²) < 4.78 is 26.2. The van der Waals surface area contributed by atoms with Gasteiger partial charge in [-0.25, -0.2) is 0 Å². The summed E-state index contributed by atoms with van der Waals surface area (Å²) in [4.78, 5) is 29.0. The first kappa shape index (κ1) is 26.7. The third-order valence-electron chi connectivity index (χ3n) is 6.30. The van der Waals surface area contributed by atoms with Crippen molar-refractivity contribution in [1.29, 1.82) is 0 Å². The van der Waals surface area contributed by atoms with E-state index in [1.807, 2.05) is 26.0 Å². The Morgan fingerprint density at radius 3 is 2.69 bits per heavy atom. The number of cyclic esters (lactones) is 1. The summed E-state index contributed by atoms with van der Waals surface area (Å²) >= 11 is 3.21. The SMILES string of the molecule is CC.CC(=O)OC1C(=O)OCc2c1cc1p(c2=[Se])Cc2c-1nc1cc(F)c(C)cc1c2CNC(C)C. The van der Waals surface area contributed by atoms with E-state index in [-0.39, 0.29) is 18.5 Å². The molecule has 0 saturated heterocycles. The molecule has 2 aliphatic rings. The molecule has 6 nitrogen and oxygen atoms in total. The second kappa shape index (κ2) is 10.5. The van der Waals surface area contributed by atoms with Crippen molar-refractivity contribution in [2.24, 2.45) is 0 Å². The van der Waals surface area contributed by atoms with E-state index in [2.05, 4.69) is 34.7 Å². The number of ether oxygens (including phenoxy) is 2. The van der Waals surface area contributed by atoms with Gasteiger partial charge in [-0.05, 0) is 0 Å². The van der Waals surface area contributed by atoms with E-state index >= 15 is 0 Å². The van der Waals surface area contributed by atoms with Crippen LogP contribution in [0.15, 0.2) is 18.2 Å². The van der Waals surface area contributed by atoms with E-state index in [1.165, 1.54) is 13.0 Å². The molecular formula is C27H30FN2O4PSe. The second-order valence-electron chi connectivity index (χ2n) is 9.02. The Hall–Kier alpha value is -2.37. The van der Waals surface area contributed by atoms with Crippen molar-refractivity contribution in [2.75, 3.05) is 0 Å². The van der Waals surface area contributed by atoms with Crippen LogP contribution >= 0.6 is 7.53 Å². The fraction of sp³-hybridized carbons (Fsp3) is 0.407. The number of halogens is 1. The topological polar surface area (TPSA) is 77.5 Å². The van der Waals surface area contributed by atoms with E-state index in [9.17, 15) is 14.0 Å². The Kier molecular flexibility index (Phi) is 7.82. The number of hydrogen-bond donors (Lipinski definition) is 1. The molecule has 0 aliphatic carbocycles. The average molecular weight is 575 g/mol. The number of aryl methyl sites for hydroxylation is 1. The summed E-state index contributed by atoms with van der Waals surface area (Å²) in [6.45, 7) is 12.0. The van der Waals surface area contributed by atoms with Crippen LogP contribution in [-0.4, -0.2) is 38.5 Å². The summed E-state index contributed by atoms with van der Waals surface area (Å²) in [6.07, 6.45) is -0.295. The number of pyridine rings is 1. The van der Waals surface area contributed by atoms with E-state index < -0.39 is 25.6 Å². The molecule has 5 rings (SSSR count). The van der Waals surface area contributed by atoms with Gasteiger partial charge in [0.25, 0.3) is 0 Å². The number of fused-ring (bicyclic) bond motifs is 5. The van der Waals surface area contributed by atoms with Crippen LogP contribution in [-0.2, 0) is 38.4 Å². The Morgan fingerprint density at radius 1 is 1.31 bits per heavy atom. The van der Waals surface area contributed by atoms with Gasteiger partial charge >= 0.3 is 205 Å². The van der Waals surface area contributed by atoms with Crippen LogP contribution in [0.5, 0.6) is 0 Å². The minimum absolute atomic E-state index is 0.148. The quantitative estimate of drug-likeness (QED) is 0.253. The average Bonchev–Trinajstić information content (AvgIpc) is 3.19. The number of hydrogen-bond acceptors (Lipinski definition) is 6. The second-order valence-corrected chi connectivity index (χ2v) is 12.7. The number of esters is 2. The van der Waals surface area contributed by atoms with Gasteiger partial charge in [-0.2, -0.15) is 0 Å². The van der Waals surface area contributed by atoms with Crippen molar-refractivity contribution in [3.8, 4) is 11.0 Å². The molecule has 0 amide bonds. The van der Waals surface area contributed by atoms with Crippen molar-refractivity contribution in [2.45, 2.75) is 73.0 Å². The van der Waals surface area contributed by atoms with Crippen molar-refractivity contribution in [1.82, 2.24) is 10.3 Å². The summed E-state index contributed by atoms with van der Waals surface area (Å²) in [5, 5.41) is 5.48. The molecule has 9 heteroatoms. The molecule has 2 aliphatic heterocycles. The molecule has 36 heavy (non-hydrogen) atoms. The number of benzene rings is 1. The third kappa shape index (κ3) is 4.68. The van der Waals surface area contributed by atoms with Crippen molar-refractivity contribution >= 4 is 46.0 Å². The standard InChI is InChI=1S/C25H24FN2O4PSe.C2H6/c1-11(2)27-8-16-14-5-12(3)19(26)7-20(14)28-22-18(16)10-33-21(22)6-15-17(25(33)34)9-31-24(30)23(15)32-13(4)29;1-2/h5-7,11,23,27H,8-10H2,1-4H3;1-2H3. The molecule has 0 bridgehead atoms. The molecule has 1 aromatic carbocycles. The van der Waals surface area contributed by atoms with Crippen LogP contribution in [0.2, 0.25) is 0 Å². The van der Waals surface area contributed by atoms with Gasteiger partial charge in [0.05, 0.1) is 0 Å². The van der Waals surface area contributed by atoms with Gasteiger partial charge in [0.2, 0.25) is 0 Å². The Bertz CT molecular complexity index is 1450. The number of carbonyl (C=O) groups is 2. The van der Waals surface area contributed by atoms with Gasteiger partial charge in [0.15, 0.2) is 0 Å². The number of carbonyl (C=O) groups excluding carboxylic acids is 2. The van der Waals surface area contributed by atoms with E-state index in [1.54, 1.807) is 6.92 Å². The molecular weight excluding hydrogens is 545 g/mol. The summed E-state index contributed by atoms with van der Waals surface area (Å²) in [5.41, 5.74) is 5.83. The molecule has 0 saturated carbocycles. The predicted molar refractivity (Wildman–Crippen MR) is 140 cm³/mol. The zero-order chi connectivity index (χ0) is 26.3. The zero-order valence-corrected chi connectivity index (χ0v) is 23.9. The van der Waals surface area contributed by atoms with Crippen LogP contribution < -0.4 is 5.32 Å². The van der Waals surface area contributed by atoms with Gasteiger partial charge in [-0.1, -0.05) is 13.8 Å². The maximum absolute atomic E-state index is 14.5. The number of nitrogens with one attached hydrogen (secondary N) is 1. The van der Waals surface area contributed by atoms with E-state index in [4.69, 9.17) is 14.5 Å². The van der Waals surface area contributed by atoms with Crippen molar-refractivity contribution < 1.29 is 23.5 Å². The number of rotatable bonds is 4. The fourth-order valence-electron chi connectivity index (χ4n) is 4.61. The maximum atomic E-state index is 14.5. The molecule has 0 fully saturated rings. The van der Waals surface area contributed by atoms with Gasteiger partial charge in [-0.15, -0.1) is 0 Å². The van der Waals surface area contributed by atoms with Gasteiger partial charge in [-0.3, -0.25) is 0 Å². The predicted octanol–water partition coefficient (Wildman–Crippen LogP) is 5.58. The molecule has 2 aromatic heterocycles. The molecule has 0 radical (unpaired) electrons. The third-order valence-corrected chi connectivity index (χ3v) is 10.5. The van der Waals surface area contributed by atoms with Crippen LogP contribution in [0.1, 0.15) is 68.5 Å². The molecule has 0 spiro atoms. The molecule has 2 unspecified atom stereocenters. The summed E-state index contributed by atoms with van der Waals surface area (Å²) in [5.74, 6) is -1.41. The number of nitrogens with zero attached hydrogens (tertiary/aromatic N) is 1. The first-order valence-electron chi connectivity index (χ1n) is 12.1. The van der Waals surface area contributed by atoms with E-state index in [0.717, 1.165) is 43.0 Å². The normalized spacial score (nSPS) is 16.1. The number of aromatic nitrogens is 1. The van der Waals surface area contributed by atoms with Crippen LogP contribution in [0.3, 0.4) is 0 Å². The molecule has 3 aromatic rings. The summed E-state index contributed by atoms with van der Waals surface area (Å²) in [6, 6.07) is 5.62. The van der Waals surface area contributed by atoms with Crippen LogP contribution in [0.25, 0.3) is 21.9 Å². The molecule has 2 atom stereocenters. The van der Waals surface area contributed by atoms with Crippen molar-refractivity contribution in [3.05, 3.63) is 55.6 Å². The Morgan fingerprint density at radius 2 is 2.03 bits per heavy atom. The van der Waals surface area contributed by atoms with Crippen molar-refractivity contribution in [3.63, 3.8) is 0 Å². The fourth-order valence-corrected chi connectivity index (χ4v) is 8.45. The van der Waals surface area contributed by atoms with Gasteiger partial charge < -0.3 is 0 Å². The Balaban J connectivity index is 0.00000148. The van der Waals surface area contributed by atoms with Gasteiger partial charge in [0, 0.05) is 0 Å². The van der Waals surface area contributed by atoms with Crippen LogP contribution in [0, 0.1) is 16.5 Å². The van der Waals surface area contributed by atoms with Crippen LogP contribution in [0.4, 0.5) is 4.39 Å². The molecule has 1 N–H and O–H groups in total. The van der Waals surface area contributed by atoms with Gasteiger partial charge in [0.1, 0.15) is 0 Å². The molecule has 190 valence electrons. The minimum atomic E-state index is -1.10. The Labute approximate surface area is 219 Å².